The Hall–Kier alpha value is -2.69. The van der Waals surface area contributed by atoms with Crippen LogP contribution in [0.1, 0.15) is 21.5 Å². The summed E-state index contributed by atoms with van der Waals surface area (Å²) in [5.74, 6) is 1.03. The minimum atomic E-state index is -0.285. The lowest BCUT2D eigenvalue weighted by molar-refractivity contribution is 0.0951. The first-order chi connectivity index (χ1) is 11.0. The van der Waals surface area contributed by atoms with E-state index in [1.165, 1.54) is 6.07 Å². The SMILES string of the molecule is COc1ccc(CCNC(=O)c2cc(C)ccc2O)cc1OC. The predicted octanol–water partition coefficient (Wildman–Crippen LogP) is 2.69. The van der Waals surface area contributed by atoms with Crippen LogP contribution in [0, 0.1) is 6.92 Å². The molecule has 2 rings (SSSR count). The van der Waals surface area contributed by atoms with Crippen LogP contribution in [0.2, 0.25) is 0 Å². The molecule has 2 N–H and O–H groups in total. The third-order valence-corrected chi connectivity index (χ3v) is 3.54. The predicted molar refractivity (Wildman–Crippen MR) is 88.4 cm³/mol. The molecular formula is C18H21NO4. The zero-order chi connectivity index (χ0) is 16.8. The highest BCUT2D eigenvalue weighted by Gasteiger charge is 2.11. The van der Waals surface area contributed by atoms with Crippen LogP contribution in [0.4, 0.5) is 0 Å². The Morgan fingerprint density at radius 3 is 2.52 bits per heavy atom. The van der Waals surface area contributed by atoms with Gasteiger partial charge in [-0.1, -0.05) is 17.7 Å². The fraction of sp³-hybridized carbons (Fsp3) is 0.278. The molecule has 23 heavy (non-hydrogen) atoms. The fourth-order valence-corrected chi connectivity index (χ4v) is 2.28. The van der Waals surface area contributed by atoms with Crippen molar-refractivity contribution in [2.45, 2.75) is 13.3 Å². The fourth-order valence-electron chi connectivity index (χ4n) is 2.28. The van der Waals surface area contributed by atoms with Crippen molar-refractivity contribution < 1.29 is 19.4 Å². The molecule has 2 aromatic rings. The van der Waals surface area contributed by atoms with Crippen molar-refractivity contribution in [1.82, 2.24) is 5.32 Å². The Morgan fingerprint density at radius 2 is 1.83 bits per heavy atom. The number of ether oxygens (including phenoxy) is 2. The monoisotopic (exact) mass is 315 g/mol. The van der Waals surface area contributed by atoms with Gasteiger partial charge >= 0.3 is 0 Å². The summed E-state index contributed by atoms with van der Waals surface area (Å²) in [6.07, 6.45) is 0.651. The Kier molecular flexibility index (Phi) is 5.46. The first-order valence-corrected chi connectivity index (χ1v) is 7.34. The molecule has 0 spiro atoms. The van der Waals surface area contributed by atoms with E-state index in [1.807, 2.05) is 25.1 Å². The zero-order valence-corrected chi connectivity index (χ0v) is 13.6. The number of hydrogen-bond acceptors (Lipinski definition) is 4. The van der Waals surface area contributed by atoms with E-state index in [1.54, 1.807) is 26.4 Å². The highest BCUT2D eigenvalue weighted by atomic mass is 16.5. The second kappa shape index (κ2) is 7.54. The molecule has 5 heteroatoms. The van der Waals surface area contributed by atoms with E-state index in [9.17, 15) is 9.90 Å². The van der Waals surface area contributed by atoms with Gasteiger partial charge in [-0.25, -0.2) is 0 Å². The van der Waals surface area contributed by atoms with Crippen LogP contribution in [0.15, 0.2) is 36.4 Å². The van der Waals surface area contributed by atoms with Gasteiger partial charge in [-0.05, 0) is 43.2 Å². The van der Waals surface area contributed by atoms with Crippen LogP contribution in [-0.2, 0) is 6.42 Å². The van der Waals surface area contributed by atoms with E-state index in [4.69, 9.17) is 9.47 Å². The molecule has 0 aliphatic carbocycles. The number of benzene rings is 2. The minimum absolute atomic E-state index is 0.0146. The number of phenolic OH excluding ortho intramolecular Hbond substituents is 1. The molecule has 0 aliphatic rings. The molecule has 0 aromatic heterocycles. The van der Waals surface area contributed by atoms with Gasteiger partial charge in [-0.3, -0.25) is 4.79 Å². The van der Waals surface area contributed by atoms with Gasteiger partial charge in [0.1, 0.15) is 5.75 Å². The number of phenols is 1. The highest BCUT2D eigenvalue weighted by Crippen LogP contribution is 2.27. The lowest BCUT2D eigenvalue weighted by Gasteiger charge is -2.10. The van der Waals surface area contributed by atoms with Gasteiger partial charge in [-0.2, -0.15) is 0 Å². The lowest BCUT2D eigenvalue weighted by Crippen LogP contribution is -2.25. The zero-order valence-electron chi connectivity index (χ0n) is 13.6. The van der Waals surface area contributed by atoms with Crippen LogP contribution in [0.25, 0.3) is 0 Å². The molecule has 5 nitrogen and oxygen atoms in total. The van der Waals surface area contributed by atoms with Gasteiger partial charge < -0.3 is 19.9 Å². The largest absolute Gasteiger partial charge is 0.507 e. The first-order valence-electron chi connectivity index (χ1n) is 7.34. The van der Waals surface area contributed by atoms with Crippen molar-refractivity contribution in [3.63, 3.8) is 0 Å². The molecule has 1 amide bonds. The maximum absolute atomic E-state index is 12.1. The number of methoxy groups -OCH3 is 2. The van der Waals surface area contributed by atoms with Crippen molar-refractivity contribution >= 4 is 5.91 Å². The molecule has 0 radical (unpaired) electrons. The summed E-state index contributed by atoms with van der Waals surface area (Å²) in [7, 11) is 3.18. The number of aryl methyl sites for hydroxylation is 1. The molecule has 0 fully saturated rings. The third kappa shape index (κ3) is 4.16. The summed E-state index contributed by atoms with van der Waals surface area (Å²) in [6.45, 7) is 2.33. The number of amides is 1. The van der Waals surface area contributed by atoms with Crippen LogP contribution < -0.4 is 14.8 Å². The summed E-state index contributed by atoms with van der Waals surface area (Å²) in [4.78, 5) is 12.1. The first kappa shape index (κ1) is 16.7. The van der Waals surface area contributed by atoms with Gasteiger partial charge in [0.25, 0.3) is 5.91 Å². The van der Waals surface area contributed by atoms with Crippen LogP contribution in [0.5, 0.6) is 17.2 Å². The van der Waals surface area contributed by atoms with E-state index in [2.05, 4.69) is 5.32 Å². The molecular weight excluding hydrogens is 294 g/mol. The van der Waals surface area contributed by atoms with E-state index in [0.29, 0.717) is 24.5 Å². The number of carbonyl (C=O) groups excluding carboxylic acids is 1. The van der Waals surface area contributed by atoms with Gasteiger partial charge in [0.2, 0.25) is 0 Å². The van der Waals surface area contributed by atoms with Crippen LogP contribution >= 0.6 is 0 Å². The number of aromatic hydroxyl groups is 1. The van der Waals surface area contributed by atoms with Crippen molar-refractivity contribution in [2.75, 3.05) is 20.8 Å². The molecule has 122 valence electrons. The normalized spacial score (nSPS) is 10.2. The van der Waals surface area contributed by atoms with Crippen molar-refractivity contribution in [2.24, 2.45) is 0 Å². The molecule has 0 atom stereocenters. The van der Waals surface area contributed by atoms with E-state index >= 15 is 0 Å². The molecule has 0 heterocycles. The second-order valence-electron chi connectivity index (χ2n) is 5.22. The van der Waals surface area contributed by atoms with Gasteiger partial charge in [0.15, 0.2) is 11.5 Å². The molecule has 2 aromatic carbocycles. The summed E-state index contributed by atoms with van der Waals surface area (Å²) in [6, 6.07) is 10.6. The third-order valence-electron chi connectivity index (χ3n) is 3.54. The average molecular weight is 315 g/mol. The lowest BCUT2D eigenvalue weighted by atomic mass is 10.1. The number of rotatable bonds is 6. The standard InChI is InChI=1S/C18H21NO4/c1-12-4-6-15(20)14(10-12)18(21)19-9-8-13-5-7-16(22-2)17(11-13)23-3/h4-7,10-11,20H,8-9H2,1-3H3,(H,19,21). The summed E-state index contributed by atoms with van der Waals surface area (Å²) in [5.41, 5.74) is 2.24. The summed E-state index contributed by atoms with van der Waals surface area (Å²) in [5, 5.41) is 12.6. The van der Waals surface area contributed by atoms with E-state index < -0.39 is 0 Å². The van der Waals surface area contributed by atoms with Crippen molar-refractivity contribution in [3.8, 4) is 17.2 Å². The Morgan fingerprint density at radius 1 is 1.09 bits per heavy atom. The maximum atomic E-state index is 12.1. The average Bonchev–Trinajstić information content (AvgIpc) is 2.56. The minimum Gasteiger partial charge on any atom is -0.507 e. The summed E-state index contributed by atoms with van der Waals surface area (Å²) >= 11 is 0. The highest BCUT2D eigenvalue weighted by molar-refractivity contribution is 5.96. The Bertz CT molecular complexity index is 697. The molecule has 0 aliphatic heterocycles. The Labute approximate surface area is 135 Å². The Balaban J connectivity index is 1.97. The molecule has 0 saturated heterocycles. The smallest absolute Gasteiger partial charge is 0.255 e. The quantitative estimate of drug-likeness (QED) is 0.860. The van der Waals surface area contributed by atoms with Crippen LogP contribution in [-0.4, -0.2) is 31.8 Å². The molecule has 0 saturated carbocycles. The summed E-state index contributed by atoms with van der Waals surface area (Å²) < 4.78 is 10.5. The number of hydrogen-bond donors (Lipinski definition) is 2. The molecule has 0 unspecified atom stereocenters. The van der Waals surface area contributed by atoms with E-state index in [-0.39, 0.29) is 17.2 Å². The van der Waals surface area contributed by atoms with Gasteiger partial charge in [0, 0.05) is 6.54 Å². The van der Waals surface area contributed by atoms with Crippen LogP contribution in [0.3, 0.4) is 0 Å². The molecule has 0 bridgehead atoms. The van der Waals surface area contributed by atoms with Crippen molar-refractivity contribution in [3.05, 3.63) is 53.1 Å². The van der Waals surface area contributed by atoms with Crippen molar-refractivity contribution in [1.29, 1.82) is 0 Å². The van der Waals surface area contributed by atoms with E-state index in [0.717, 1.165) is 11.1 Å². The second-order valence-corrected chi connectivity index (χ2v) is 5.22. The van der Waals surface area contributed by atoms with Gasteiger partial charge in [0.05, 0.1) is 19.8 Å². The number of carbonyl (C=O) groups is 1. The van der Waals surface area contributed by atoms with Gasteiger partial charge in [-0.15, -0.1) is 0 Å². The topological polar surface area (TPSA) is 67.8 Å². The number of nitrogens with one attached hydrogen (secondary N) is 1. The maximum Gasteiger partial charge on any atom is 0.255 e.